The second-order valence-corrected chi connectivity index (χ2v) is 8.98. The number of carbonyl (C=O) groups is 2. The first-order valence-electron chi connectivity index (χ1n) is 9.11. The van der Waals surface area contributed by atoms with Crippen LogP contribution in [-0.4, -0.2) is 37.1 Å². The highest BCUT2D eigenvalue weighted by atomic mass is 32.1. The lowest BCUT2D eigenvalue weighted by Crippen LogP contribution is -3.08. The van der Waals surface area contributed by atoms with E-state index in [2.05, 4.69) is 16.4 Å². The number of fused-ring (bicyclic) bond motifs is 1. The summed E-state index contributed by atoms with van der Waals surface area (Å²) in [5, 5.41) is 4.46. The van der Waals surface area contributed by atoms with Crippen LogP contribution in [-0.2, 0) is 16.1 Å². The van der Waals surface area contributed by atoms with Gasteiger partial charge in [0.2, 0.25) is 0 Å². The van der Waals surface area contributed by atoms with E-state index in [1.54, 1.807) is 18.3 Å². The summed E-state index contributed by atoms with van der Waals surface area (Å²) in [5.41, 5.74) is 2.30. The molecule has 0 bridgehead atoms. The number of esters is 1. The molecule has 8 heteroatoms. The van der Waals surface area contributed by atoms with Crippen LogP contribution in [0.5, 0.6) is 0 Å². The monoisotopic (exact) mass is 418 g/mol. The molecule has 1 unspecified atom stereocenters. The second kappa shape index (κ2) is 8.81. The van der Waals surface area contributed by atoms with Gasteiger partial charge in [0.15, 0.2) is 6.54 Å². The van der Waals surface area contributed by atoms with E-state index in [1.165, 1.54) is 11.3 Å². The number of amides is 1. The van der Waals surface area contributed by atoms with Crippen molar-refractivity contribution >= 4 is 49.8 Å². The van der Waals surface area contributed by atoms with Gasteiger partial charge in [0.1, 0.15) is 16.6 Å². The molecule has 1 atom stereocenters. The van der Waals surface area contributed by atoms with Gasteiger partial charge in [0.25, 0.3) is 5.91 Å². The minimum Gasteiger partial charge on any atom is -0.462 e. The van der Waals surface area contributed by atoms with Crippen molar-refractivity contribution in [1.82, 2.24) is 4.98 Å². The summed E-state index contributed by atoms with van der Waals surface area (Å²) in [6, 6.07) is 8.02. The first kappa shape index (κ1) is 20.4. The van der Waals surface area contributed by atoms with Crippen molar-refractivity contribution in [2.45, 2.75) is 27.3 Å². The van der Waals surface area contributed by atoms with Crippen LogP contribution in [0.15, 0.2) is 24.3 Å². The number of hydrogen-bond acceptors (Lipinski definition) is 6. The number of carbonyl (C=O) groups excluding carboxylic acids is 2. The van der Waals surface area contributed by atoms with Gasteiger partial charge < -0.3 is 15.0 Å². The van der Waals surface area contributed by atoms with Gasteiger partial charge in [-0.15, -0.1) is 22.7 Å². The van der Waals surface area contributed by atoms with Gasteiger partial charge in [-0.05, 0) is 38.5 Å². The van der Waals surface area contributed by atoms with Gasteiger partial charge in [0.05, 0.1) is 29.4 Å². The smallest absolute Gasteiger partial charge is 0.341 e. The molecule has 0 spiro atoms. The molecule has 0 fully saturated rings. The summed E-state index contributed by atoms with van der Waals surface area (Å²) in [6.07, 6.45) is 0. The van der Waals surface area contributed by atoms with Crippen LogP contribution in [0.4, 0.5) is 5.00 Å². The molecule has 0 saturated carbocycles. The number of likely N-dealkylation sites (N-methyl/N-ethyl adjacent to an activating group) is 1. The van der Waals surface area contributed by atoms with Gasteiger partial charge >= 0.3 is 5.97 Å². The molecule has 0 radical (unpaired) electrons. The third kappa shape index (κ3) is 4.57. The van der Waals surface area contributed by atoms with Crippen molar-refractivity contribution in [3.63, 3.8) is 0 Å². The summed E-state index contributed by atoms with van der Waals surface area (Å²) in [5.74, 6) is -0.528. The number of quaternary nitrogens is 1. The van der Waals surface area contributed by atoms with Crippen LogP contribution in [0.3, 0.4) is 0 Å². The van der Waals surface area contributed by atoms with E-state index in [0.717, 1.165) is 30.6 Å². The number of thiazole rings is 1. The van der Waals surface area contributed by atoms with Crippen LogP contribution in [0.2, 0.25) is 0 Å². The summed E-state index contributed by atoms with van der Waals surface area (Å²) in [4.78, 5) is 31.4. The molecular weight excluding hydrogens is 394 g/mol. The van der Waals surface area contributed by atoms with Gasteiger partial charge in [-0.2, -0.15) is 0 Å². The highest BCUT2D eigenvalue weighted by molar-refractivity contribution is 7.18. The minimum atomic E-state index is -0.394. The quantitative estimate of drug-likeness (QED) is 0.579. The van der Waals surface area contributed by atoms with Gasteiger partial charge in [-0.3, -0.25) is 4.79 Å². The number of ether oxygens (including phenoxy) is 1. The third-order valence-corrected chi connectivity index (χ3v) is 6.53. The van der Waals surface area contributed by atoms with Crippen molar-refractivity contribution in [2.24, 2.45) is 0 Å². The SMILES string of the molecule is CCOC(=O)c1c(NC(=O)C[NH+](C)Cc2nc3ccccc3s2)sc(C)c1C. The molecule has 2 N–H and O–H groups in total. The van der Waals surface area contributed by atoms with E-state index in [4.69, 9.17) is 4.74 Å². The topological polar surface area (TPSA) is 72.7 Å². The molecule has 3 rings (SSSR count). The molecule has 148 valence electrons. The Balaban J connectivity index is 1.65. The highest BCUT2D eigenvalue weighted by Gasteiger charge is 2.23. The Kier molecular flexibility index (Phi) is 6.43. The van der Waals surface area contributed by atoms with E-state index in [9.17, 15) is 9.59 Å². The maximum absolute atomic E-state index is 12.5. The van der Waals surface area contributed by atoms with Crippen LogP contribution in [0.25, 0.3) is 10.2 Å². The molecule has 2 aromatic heterocycles. The fraction of sp³-hybridized carbons (Fsp3) is 0.350. The summed E-state index contributed by atoms with van der Waals surface area (Å²) in [6.45, 7) is 6.83. The number of benzene rings is 1. The average Bonchev–Trinajstić information content (AvgIpc) is 3.15. The molecule has 0 aliphatic carbocycles. The van der Waals surface area contributed by atoms with Gasteiger partial charge in [0, 0.05) is 4.88 Å². The number of aromatic nitrogens is 1. The molecule has 1 amide bonds. The predicted octanol–water partition coefficient (Wildman–Crippen LogP) is 2.80. The Morgan fingerprint density at radius 2 is 1.96 bits per heavy atom. The van der Waals surface area contributed by atoms with Crippen molar-refractivity contribution in [3.05, 3.63) is 45.3 Å². The van der Waals surface area contributed by atoms with Crippen molar-refractivity contribution in [3.8, 4) is 0 Å². The number of para-hydroxylation sites is 1. The number of nitrogens with zero attached hydrogens (tertiary/aromatic N) is 1. The van der Waals surface area contributed by atoms with Crippen LogP contribution >= 0.6 is 22.7 Å². The fourth-order valence-electron chi connectivity index (χ4n) is 2.93. The Labute approximate surface area is 172 Å². The minimum absolute atomic E-state index is 0.134. The van der Waals surface area contributed by atoms with E-state index >= 15 is 0 Å². The van der Waals surface area contributed by atoms with E-state index in [1.807, 2.05) is 39.1 Å². The van der Waals surface area contributed by atoms with Crippen LogP contribution in [0, 0.1) is 13.8 Å². The number of aryl methyl sites for hydroxylation is 1. The summed E-state index contributed by atoms with van der Waals surface area (Å²) in [7, 11) is 1.96. The second-order valence-electron chi connectivity index (χ2n) is 6.64. The zero-order valence-electron chi connectivity index (χ0n) is 16.4. The largest absolute Gasteiger partial charge is 0.462 e. The molecule has 3 aromatic rings. The number of thiophene rings is 1. The molecule has 2 heterocycles. The van der Waals surface area contributed by atoms with E-state index in [0.29, 0.717) is 23.7 Å². The van der Waals surface area contributed by atoms with Crippen molar-refractivity contribution in [2.75, 3.05) is 25.5 Å². The Morgan fingerprint density at radius 3 is 2.68 bits per heavy atom. The molecule has 1 aromatic carbocycles. The van der Waals surface area contributed by atoms with E-state index in [-0.39, 0.29) is 12.5 Å². The number of anilines is 1. The van der Waals surface area contributed by atoms with Crippen LogP contribution in [0.1, 0.15) is 32.7 Å². The maximum Gasteiger partial charge on any atom is 0.341 e. The zero-order chi connectivity index (χ0) is 20.3. The fourth-order valence-corrected chi connectivity index (χ4v) is 5.07. The lowest BCUT2D eigenvalue weighted by Gasteiger charge is -2.12. The first-order chi connectivity index (χ1) is 13.4. The normalized spacial score (nSPS) is 12.1. The van der Waals surface area contributed by atoms with E-state index < -0.39 is 5.97 Å². The standard InChI is InChI=1S/C20H23N3O3S2/c1-5-26-20(25)18-12(2)13(3)27-19(18)22-16(24)10-23(4)11-17-21-14-8-6-7-9-15(14)28-17/h6-9H,5,10-11H2,1-4H3,(H,22,24)/p+1. The average molecular weight is 419 g/mol. The van der Waals surface area contributed by atoms with Crippen LogP contribution < -0.4 is 10.2 Å². The molecule has 0 saturated heterocycles. The number of nitrogens with one attached hydrogen (secondary N) is 2. The predicted molar refractivity (Wildman–Crippen MR) is 113 cm³/mol. The third-order valence-electron chi connectivity index (χ3n) is 4.37. The number of hydrogen-bond donors (Lipinski definition) is 2. The molecule has 28 heavy (non-hydrogen) atoms. The number of rotatable bonds is 7. The molecule has 0 aliphatic rings. The Morgan fingerprint density at radius 1 is 1.21 bits per heavy atom. The summed E-state index contributed by atoms with van der Waals surface area (Å²) >= 11 is 3.06. The summed E-state index contributed by atoms with van der Waals surface area (Å²) < 4.78 is 6.29. The lowest BCUT2D eigenvalue weighted by atomic mass is 10.1. The molecule has 6 nitrogen and oxygen atoms in total. The molecule has 0 aliphatic heterocycles. The maximum atomic E-state index is 12.5. The Bertz CT molecular complexity index is 976. The molecular formula is C20H24N3O3S2+. The lowest BCUT2D eigenvalue weighted by molar-refractivity contribution is -0.885. The zero-order valence-corrected chi connectivity index (χ0v) is 18.1. The van der Waals surface area contributed by atoms with Crippen molar-refractivity contribution in [1.29, 1.82) is 0 Å². The Hall–Kier alpha value is -2.29. The van der Waals surface area contributed by atoms with Gasteiger partial charge in [-0.1, -0.05) is 12.1 Å². The van der Waals surface area contributed by atoms with Gasteiger partial charge in [-0.25, -0.2) is 9.78 Å². The highest BCUT2D eigenvalue weighted by Crippen LogP contribution is 2.32. The first-order valence-corrected chi connectivity index (χ1v) is 10.7. The van der Waals surface area contributed by atoms with Crippen molar-refractivity contribution < 1.29 is 19.2 Å².